The highest BCUT2D eigenvalue weighted by Gasteiger charge is 2.51. The highest BCUT2D eigenvalue weighted by atomic mass is 35.5. The number of hydrogen-bond donors (Lipinski definition) is 0. The van der Waals surface area contributed by atoms with Crippen LogP contribution in [0.15, 0.2) is 72.8 Å². The summed E-state index contributed by atoms with van der Waals surface area (Å²) < 4.78 is 5.35. The molecule has 1 aliphatic heterocycles. The van der Waals surface area contributed by atoms with Gasteiger partial charge in [-0.05, 0) is 73.5 Å². The standard InChI is InChI=1S/C30H20Cl4N2O6/c31-18-8-11-22(24(33)14-18)30(41)42-19-9-5-16(6-10-19)26(37)15-35(27(38)17-7-12-23(32)25(34)13-17)36-28(39)20-3-1-2-4-21(20)29(36)40/h1-2,5-14,20-21H,3-4,15H2/t20-,21+. The SMILES string of the molecule is O=C(CN(C(=O)c1ccc(Cl)c(Cl)c1)N1C(=O)[C@H]2CC=CC[C@H]2C1=O)c1ccc(OC(=O)c2ccc(Cl)cc2Cl)cc1. The van der Waals surface area contributed by atoms with Crippen molar-refractivity contribution in [3.8, 4) is 5.75 Å². The lowest BCUT2D eigenvalue weighted by Gasteiger charge is -2.30. The summed E-state index contributed by atoms with van der Waals surface area (Å²) in [5.74, 6) is -4.30. The van der Waals surface area contributed by atoms with E-state index in [0.29, 0.717) is 17.9 Å². The molecule has 0 spiro atoms. The summed E-state index contributed by atoms with van der Waals surface area (Å²) in [7, 11) is 0. The van der Waals surface area contributed by atoms with Crippen LogP contribution >= 0.6 is 46.4 Å². The summed E-state index contributed by atoms with van der Waals surface area (Å²) in [5, 5.41) is 2.40. The molecule has 214 valence electrons. The fourth-order valence-corrected chi connectivity index (χ4v) is 5.57. The molecule has 0 radical (unpaired) electrons. The predicted octanol–water partition coefficient (Wildman–Crippen LogP) is 6.71. The molecule has 3 aromatic rings. The van der Waals surface area contributed by atoms with E-state index in [9.17, 15) is 24.0 Å². The summed E-state index contributed by atoms with van der Waals surface area (Å²) in [5.41, 5.74) is 0.284. The summed E-state index contributed by atoms with van der Waals surface area (Å²) >= 11 is 24.1. The first-order valence-electron chi connectivity index (χ1n) is 12.6. The lowest BCUT2D eigenvalue weighted by molar-refractivity contribution is -0.154. The molecule has 3 aromatic carbocycles. The monoisotopic (exact) mass is 644 g/mol. The number of rotatable bonds is 7. The van der Waals surface area contributed by atoms with Gasteiger partial charge in [0.2, 0.25) is 0 Å². The molecule has 42 heavy (non-hydrogen) atoms. The van der Waals surface area contributed by atoms with E-state index in [4.69, 9.17) is 51.1 Å². The minimum Gasteiger partial charge on any atom is -0.423 e. The zero-order chi connectivity index (χ0) is 30.1. The van der Waals surface area contributed by atoms with Crippen LogP contribution in [0.5, 0.6) is 5.75 Å². The van der Waals surface area contributed by atoms with E-state index in [1.807, 2.05) is 12.2 Å². The van der Waals surface area contributed by atoms with Crippen molar-refractivity contribution in [2.75, 3.05) is 6.54 Å². The number of hydrogen-bond acceptors (Lipinski definition) is 6. The number of fused-ring (bicyclic) bond motifs is 1. The summed E-state index contributed by atoms with van der Waals surface area (Å²) in [6.07, 6.45) is 4.36. The molecule has 2 atom stereocenters. The molecule has 2 aliphatic rings. The molecule has 8 nitrogen and oxygen atoms in total. The molecular formula is C30H20Cl4N2O6. The van der Waals surface area contributed by atoms with Crippen molar-refractivity contribution in [1.29, 1.82) is 0 Å². The number of ketones is 1. The maximum atomic E-state index is 13.7. The van der Waals surface area contributed by atoms with Gasteiger partial charge >= 0.3 is 5.97 Å². The fraction of sp³-hybridized carbons (Fsp3) is 0.167. The van der Waals surface area contributed by atoms with Crippen molar-refractivity contribution in [3.63, 3.8) is 0 Å². The van der Waals surface area contributed by atoms with Gasteiger partial charge in [0.25, 0.3) is 17.7 Å². The molecule has 1 saturated heterocycles. The Hall–Kier alpha value is -3.69. The van der Waals surface area contributed by atoms with Crippen LogP contribution in [0, 0.1) is 11.8 Å². The van der Waals surface area contributed by atoms with Crippen LogP contribution in [0.25, 0.3) is 0 Å². The molecule has 3 amide bonds. The summed E-state index contributed by atoms with van der Waals surface area (Å²) in [6.45, 7) is -0.622. The molecule has 1 fully saturated rings. The average Bonchev–Trinajstić information content (AvgIpc) is 3.22. The number of benzene rings is 3. The molecule has 1 heterocycles. The van der Waals surface area contributed by atoms with Gasteiger partial charge in [-0.15, -0.1) is 0 Å². The molecule has 0 bridgehead atoms. The van der Waals surface area contributed by atoms with Crippen molar-refractivity contribution in [1.82, 2.24) is 10.0 Å². The first-order chi connectivity index (χ1) is 20.0. The van der Waals surface area contributed by atoms with Crippen LogP contribution in [-0.2, 0) is 9.59 Å². The topological polar surface area (TPSA) is 101 Å². The van der Waals surface area contributed by atoms with Gasteiger partial charge < -0.3 is 4.74 Å². The Bertz CT molecular complexity index is 1630. The number of halogens is 4. The molecule has 0 aromatic heterocycles. The van der Waals surface area contributed by atoms with Gasteiger partial charge in [0, 0.05) is 16.1 Å². The Morgan fingerprint density at radius 2 is 1.38 bits per heavy atom. The largest absolute Gasteiger partial charge is 0.423 e. The summed E-state index contributed by atoms with van der Waals surface area (Å²) in [4.78, 5) is 66.2. The maximum Gasteiger partial charge on any atom is 0.345 e. The first kappa shape index (κ1) is 29.8. The van der Waals surface area contributed by atoms with E-state index >= 15 is 0 Å². The van der Waals surface area contributed by atoms with Gasteiger partial charge in [-0.1, -0.05) is 58.6 Å². The van der Waals surface area contributed by atoms with E-state index in [-0.39, 0.29) is 37.5 Å². The fourth-order valence-electron chi connectivity index (χ4n) is 4.79. The van der Waals surface area contributed by atoms with Crippen LogP contribution in [0.1, 0.15) is 43.9 Å². The number of hydrazine groups is 1. The molecule has 0 N–H and O–H groups in total. The highest BCUT2D eigenvalue weighted by molar-refractivity contribution is 6.42. The molecule has 12 heteroatoms. The Balaban J connectivity index is 1.38. The average molecular weight is 646 g/mol. The van der Waals surface area contributed by atoms with Crippen LogP contribution in [0.3, 0.4) is 0 Å². The number of carbonyl (C=O) groups excluding carboxylic acids is 5. The van der Waals surface area contributed by atoms with Crippen molar-refractivity contribution in [2.45, 2.75) is 12.8 Å². The second-order valence-corrected chi connectivity index (χ2v) is 11.3. The zero-order valence-corrected chi connectivity index (χ0v) is 24.6. The van der Waals surface area contributed by atoms with Crippen LogP contribution in [0.4, 0.5) is 0 Å². The number of imide groups is 1. The predicted molar refractivity (Wildman–Crippen MR) is 157 cm³/mol. The Morgan fingerprint density at radius 1 is 0.762 bits per heavy atom. The minimum atomic E-state index is -0.777. The third-order valence-electron chi connectivity index (χ3n) is 6.96. The quantitative estimate of drug-likeness (QED) is 0.0931. The van der Waals surface area contributed by atoms with E-state index in [1.54, 1.807) is 0 Å². The van der Waals surface area contributed by atoms with Crippen LogP contribution < -0.4 is 4.74 Å². The van der Waals surface area contributed by atoms with Gasteiger partial charge in [-0.25, -0.2) is 9.80 Å². The summed E-state index contributed by atoms with van der Waals surface area (Å²) in [6, 6.07) is 14.0. The lowest BCUT2D eigenvalue weighted by atomic mass is 9.85. The minimum absolute atomic E-state index is 0.0360. The Labute approximate surface area is 260 Å². The smallest absolute Gasteiger partial charge is 0.345 e. The lowest BCUT2D eigenvalue weighted by Crippen LogP contribution is -2.52. The van der Waals surface area contributed by atoms with Gasteiger partial charge in [-0.3, -0.25) is 19.2 Å². The number of nitrogens with zero attached hydrogens (tertiary/aromatic N) is 2. The number of carbonyl (C=O) groups is 5. The van der Waals surface area contributed by atoms with E-state index < -0.39 is 47.9 Å². The number of amides is 3. The van der Waals surface area contributed by atoms with Crippen molar-refractivity contribution >= 4 is 75.9 Å². The second-order valence-electron chi connectivity index (χ2n) is 9.60. The van der Waals surface area contributed by atoms with Crippen LogP contribution in [0.2, 0.25) is 20.1 Å². The molecule has 0 saturated carbocycles. The first-order valence-corrected chi connectivity index (χ1v) is 14.2. The van der Waals surface area contributed by atoms with E-state index in [0.717, 1.165) is 10.0 Å². The Kier molecular flexibility index (Phi) is 8.70. The van der Waals surface area contributed by atoms with Gasteiger partial charge in [0.1, 0.15) is 12.3 Å². The third-order valence-corrected chi connectivity index (χ3v) is 8.24. The molecular weight excluding hydrogens is 626 g/mol. The zero-order valence-electron chi connectivity index (χ0n) is 21.6. The highest BCUT2D eigenvalue weighted by Crippen LogP contribution is 2.36. The van der Waals surface area contributed by atoms with Gasteiger partial charge in [0.15, 0.2) is 5.78 Å². The Morgan fingerprint density at radius 3 is 1.98 bits per heavy atom. The van der Waals surface area contributed by atoms with E-state index in [2.05, 4.69) is 0 Å². The van der Waals surface area contributed by atoms with Crippen molar-refractivity contribution in [3.05, 3.63) is 110 Å². The number of ether oxygens (including phenoxy) is 1. The molecule has 1 aliphatic carbocycles. The van der Waals surface area contributed by atoms with Crippen molar-refractivity contribution in [2.24, 2.45) is 11.8 Å². The van der Waals surface area contributed by atoms with Gasteiger partial charge in [-0.2, -0.15) is 5.01 Å². The number of esters is 1. The van der Waals surface area contributed by atoms with Crippen molar-refractivity contribution < 1.29 is 28.7 Å². The second kappa shape index (κ2) is 12.3. The number of allylic oxidation sites excluding steroid dienone is 2. The maximum absolute atomic E-state index is 13.7. The molecule has 5 rings (SSSR count). The number of Topliss-reactive ketones (excluding diaryl/α,β-unsaturated/α-hetero) is 1. The van der Waals surface area contributed by atoms with Gasteiger partial charge in [0.05, 0.1) is 32.5 Å². The van der Waals surface area contributed by atoms with E-state index in [1.165, 1.54) is 60.7 Å². The molecule has 0 unspecified atom stereocenters. The van der Waals surface area contributed by atoms with Crippen LogP contribution in [-0.4, -0.2) is 46.0 Å². The third kappa shape index (κ3) is 5.94. The normalized spacial score (nSPS) is 17.7.